The van der Waals surface area contributed by atoms with E-state index in [2.05, 4.69) is 4.98 Å². The standard InChI is InChI=1S/C11H14FN3S/c12-9-2-1-6-14-11(9)15(8-3-4-8)7-5-10(13)16/h1-2,6,8H,3-5,7H2,(H2,13,16). The van der Waals surface area contributed by atoms with Gasteiger partial charge in [-0.2, -0.15) is 0 Å². The monoisotopic (exact) mass is 239 g/mol. The van der Waals surface area contributed by atoms with Crippen molar-refractivity contribution in [3.05, 3.63) is 24.1 Å². The van der Waals surface area contributed by atoms with Crippen LogP contribution < -0.4 is 10.6 Å². The second-order valence-corrected chi connectivity index (χ2v) is 4.47. The number of rotatable bonds is 5. The Hall–Kier alpha value is -1.23. The number of nitrogens with two attached hydrogens (primary N) is 1. The van der Waals surface area contributed by atoms with Crippen LogP contribution in [0, 0.1) is 5.82 Å². The molecule has 2 rings (SSSR count). The molecule has 0 amide bonds. The Balaban J connectivity index is 2.12. The van der Waals surface area contributed by atoms with E-state index >= 15 is 0 Å². The minimum absolute atomic E-state index is 0.280. The van der Waals surface area contributed by atoms with Crippen molar-refractivity contribution in [2.75, 3.05) is 11.4 Å². The van der Waals surface area contributed by atoms with Gasteiger partial charge in [0, 0.05) is 25.2 Å². The van der Waals surface area contributed by atoms with Crippen LogP contribution in [0.3, 0.4) is 0 Å². The molecule has 1 aliphatic carbocycles. The van der Waals surface area contributed by atoms with E-state index in [4.69, 9.17) is 18.0 Å². The Morgan fingerprint density at radius 3 is 2.94 bits per heavy atom. The van der Waals surface area contributed by atoms with Crippen molar-refractivity contribution in [3.63, 3.8) is 0 Å². The Morgan fingerprint density at radius 2 is 2.38 bits per heavy atom. The van der Waals surface area contributed by atoms with Gasteiger partial charge in [0.1, 0.15) is 0 Å². The molecule has 0 saturated heterocycles. The highest BCUT2D eigenvalue weighted by Crippen LogP contribution is 2.31. The van der Waals surface area contributed by atoms with Crippen LogP contribution >= 0.6 is 12.2 Å². The van der Waals surface area contributed by atoms with Gasteiger partial charge in [0.15, 0.2) is 11.6 Å². The number of nitrogens with zero attached hydrogens (tertiary/aromatic N) is 2. The van der Waals surface area contributed by atoms with Crippen LogP contribution in [0.25, 0.3) is 0 Å². The molecule has 1 heterocycles. The van der Waals surface area contributed by atoms with Crippen LogP contribution in [0.5, 0.6) is 0 Å². The van der Waals surface area contributed by atoms with Gasteiger partial charge >= 0.3 is 0 Å². The van der Waals surface area contributed by atoms with Crippen LogP contribution in [0.2, 0.25) is 0 Å². The van der Waals surface area contributed by atoms with E-state index < -0.39 is 0 Å². The molecule has 5 heteroatoms. The molecule has 1 fully saturated rings. The van der Waals surface area contributed by atoms with Crippen LogP contribution in [0.15, 0.2) is 18.3 Å². The van der Waals surface area contributed by atoms with Crippen molar-refractivity contribution in [2.24, 2.45) is 5.73 Å². The summed E-state index contributed by atoms with van der Waals surface area (Å²) >= 11 is 4.84. The average molecular weight is 239 g/mol. The van der Waals surface area contributed by atoms with E-state index in [1.54, 1.807) is 12.3 Å². The third-order valence-electron chi connectivity index (χ3n) is 2.60. The molecule has 0 spiro atoms. The van der Waals surface area contributed by atoms with Gasteiger partial charge in [-0.1, -0.05) is 12.2 Å². The molecule has 86 valence electrons. The first kappa shape index (κ1) is 11.3. The van der Waals surface area contributed by atoms with E-state index in [1.807, 2.05) is 4.90 Å². The molecule has 1 aliphatic rings. The number of aromatic nitrogens is 1. The number of hydrogen-bond donors (Lipinski definition) is 1. The molecular formula is C11H14FN3S. The Bertz CT molecular complexity index is 393. The summed E-state index contributed by atoms with van der Waals surface area (Å²) < 4.78 is 13.6. The lowest BCUT2D eigenvalue weighted by atomic mass is 10.3. The lowest BCUT2D eigenvalue weighted by Gasteiger charge is -2.23. The van der Waals surface area contributed by atoms with Crippen LogP contribution in [0.1, 0.15) is 19.3 Å². The molecule has 0 radical (unpaired) electrons. The second-order valence-electron chi connectivity index (χ2n) is 3.95. The smallest absolute Gasteiger partial charge is 0.165 e. The molecule has 1 aromatic heterocycles. The first-order valence-electron chi connectivity index (χ1n) is 5.34. The van der Waals surface area contributed by atoms with Crippen LogP contribution in [-0.4, -0.2) is 22.6 Å². The van der Waals surface area contributed by atoms with Crippen molar-refractivity contribution in [1.29, 1.82) is 0 Å². The van der Waals surface area contributed by atoms with Gasteiger partial charge in [-0.15, -0.1) is 0 Å². The molecule has 0 aliphatic heterocycles. The number of hydrogen-bond acceptors (Lipinski definition) is 3. The fourth-order valence-electron chi connectivity index (χ4n) is 1.67. The maximum Gasteiger partial charge on any atom is 0.165 e. The molecule has 0 atom stereocenters. The molecule has 16 heavy (non-hydrogen) atoms. The second kappa shape index (κ2) is 4.74. The molecule has 1 saturated carbocycles. The van der Waals surface area contributed by atoms with Gasteiger partial charge in [0.05, 0.1) is 4.99 Å². The number of pyridine rings is 1. The first-order chi connectivity index (χ1) is 7.68. The van der Waals surface area contributed by atoms with Gasteiger partial charge in [-0.05, 0) is 25.0 Å². The Labute approximate surface area is 99.5 Å². The zero-order valence-electron chi connectivity index (χ0n) is 8.90. The molecule has 2 N–H and O–H groups in total. The van der Waals surface area contributed by atoms with Gasteiger partial charge in [0.25, 0.3) is 0 Å². The summed E-state index contributed by atoms with van der Waals surface area (Å²) in [5.74, 6) is 0.138. The van der Waals surface area contributed by atoms with E-state index in [0.29, 0.717) is 29.8 Å². The fourth-order valence-corrected chi connectivity index (χ4v) is 1.76. The summed E-state index contributed by atoms with van der Waals surface area (Å²) in [6, 6.07) is 3.43. The van der Waals surface area contributed by atoms with Gasteiger partial charge in [-0.3, -0.25) is 0 Å². The van der Waals surface area contributed by atoms with Crippen molar-refractivity contribution >= 4 is 23.0 Å². The summed E-state index contributed by atoms with van der Waals surface area (Å²) in [7, 11) is 0. The normalized spacial score (nSPS) is 14.8. The lowest BCUT2D eigenvalue weighted by molar-refractivity contribution is 0.607. The Morgan fingerprint density at radius 1 is 1.62 bits per heavy atom. The quantitative estimate of drug-likeness (QED) is 0.796. The van der Waals surface area contributed by atoms with Gasteiger partial charge < -0.3 is 10.6 Å². The van der Waals surface area contributed by atoms with Crippen molar-refractivity contribution in [2.45, 2.75) is 25.3 Å². The topological polar surface area (TPSA) is 42.1 Å². The minimum atomic E-state index is -0.280. The molecule has 0 aromatic carbocycles. The van der Waals surface area contributed by atoms with Crippen LogP contribution in [0.4, 0.5) is 10.2 Å². The van der Waals surface area contributed by atoms with Crippen molar-refractivity contribution in [3.8, 4) is 0 Å². The van der Waals surface area contributed by atoms with E-state index in [9.17, 15) is 4.39 Å². The predicted octanol–water partition coefficient (Wildman–Crippen LogP) is 1.87. The third-order valence-corrected chi connectivity index (χ3v) is 2.80. The summed E-state index contributed by atoms with van der Waals surface area (Å²) in [4.78, 5) is 6.51. The SMILES string of the molecule is NC(=S)CCN(c1ncccc1F)C1CC1. The minimum Gasteiger partial charge on any atom is -0.393 e. The molecule has 0 bridgehead atoms. The number of halogens is 1. The number of anilines is 1. The summed E-state index contributed by atoms with van der Waals surface area (Å²) in [6.07, 6.45) is 4.39. The third kappa shape index (κ3) is 2.66. The fraction of sp³-hybridized carbons (Fsp3) is 0.455. The van der Waals surface area contributed by atoms with Crippen molar-refractivity contribution < 1.29 is 4.39 Å². The largest absolute Gasteiger partial charge is 0.393 e. The molecule has 1 aromatic rings. The predicted molar refractivity (Wildman–Crippen MR) is 66.0 cm³/mol. The van der Waals surface area contributed by atoms with Crippen LogP contribution in [-0.2, 0) is 0 Å². The highest BCUT2D eigenvalue weighted by atomic mass is 32.1. The van der Waals surface area contributed by atoms with E-state index in [-0.39, 0.29) is 5.82 Å². The maximum absolute atomic E-state index is 13.6. The number of thiocarbonyl (C=S) groups is 1. The highest BCUT2D eigenvalue weighted by molar-refractivity contribution is 7.80. The molecule has 3 nitrogen and oxygen atoms in total. The van der Waals surface area contributed by atoms with Gasteiger partial charge in [0.2, 0.25) is 0 Å². The zero-order chi connectivity index (χ0) is 11.5. The summed E-state index contributed by atoms with van der Waals surface area (Å²) in [6.45, 7) is 0.647. The van der Waals surface area contributed by atoms with E-state index in [0.717, 1.165) is 12.8 Å². The molecular weight excluding hydrogens is 225 g/mol. The average Bonchev–Trinajstić information content (AvgIpc) is 3.04. The van der Waals surface area contributed by atoms with E-state index in [1.165, 1.54) is 6.07 Å². The van der Waals surface area contributed by atoms with Gasteiger partial charge in [-0.25, -0.2) is 9.37 Å². The zero-order valence-corrected chi connectivity index (χ0v) is 9.71. The lowest BCUT2D eigenvalue weighted by Crippen LogP contribution is -2.31. The van der Waals surface area contributed by atoms with Crippen molar-refractivity contribution in [1.82, 2.24) is 4.98 Å². The maximum atomic E-state index is 13.6. The Kier molecular flexibility index (Phi) is 3.33. The highest BCUT2D eigenvalue weighted by Gasteiger charge is 2.31. The summed E-state index contributed by atoms with van der Waals surface area (Å²) in [5.41, 5.74) is 5.47. The first-order valence-corrected chi connectivity index (χ1v) is 5.75. The molecule has 0 unspecified atom stereocenters. The summed E-state index contributed by atoms with van der Waals surface area (Å²) in [5, 5.41) is 0.